The van der Waals surface area contributed by atoms with Crippen LogP contribution in [0.3, 0.4) is 0 Å². The molecule has 0 heterocycles. The second-order valence-corrected chi connectivity index (χ2v) is 6.12. The standard InChI is InChI=1S/Lu.H3N.2H2O7S2/c;;2*1-8(2,3)7-9(4,5)6/h;1H3;2*(H,1,2,3)(H,4,5,6)/q+3;;;/p-3. The molecule has 20 heavy (non-hydrogen) atoms. The second-order valence-electron chi connectivity index (χ2n) is 1.77. The van der Waals surface area contributed by atoms with Gasteiger partial charge in [-0.1, -0.05) is 0 Å². The molecule has 0 bridgehead atoms. The summed E-state index contributed by atoms with van der Waals surface area (Å²) in [6, 6.07) is 0. The van der Waals surface area contributed by atoms with E-state index >= 15 is 0 Å². The predicted octanol–water partition coefficient (Wildman–Crippen LogP) is -3.78. The van der Waals surface area contributed by atoms with Crippen LogP contribution in [0.1, 0.15) is 0 Å². The molecular formula is H4LuNO14S4. The number of rotatable bonds is 4. The van der Waals surface area contributed by atoms with E-state index in [1.54, 1.807) is 0 Å². The van der Waals surface area contributed by atoms with E-state index in [1.807, 2.05) is 0 Å². The van der Waals surface area contributed by atoms with Gasteiger partial charge in [-0.3, -0.25) is 0 Å². The van der Waals surface area contributed by atoms with Crippen molar-refractivity contribution in [2.45, 2.75) is 0 Å². The van der Waals surface area contributed by atoms with E-state index in [1.165, 1.54) is 0 Å². The number of quaternary nitrogens is 1. The fourth-order valence-electron chi connectivity index (χ4n) is 0.204. The van der Waals surface area contributed by atoms with Gasteiger partial charge >= 0.3 is 36.9 Å². The van der Waals surface area contributed by atoms with Crippen LogP contribution >= 0.6 is 0 Å². The summed E-state index contributed by atoms with van der Waals surface area (Å²) in [6.07, 6.45) is 0. The quantitative estimate of drug-likeness (QED) is 0.262. The smallest absolute Gasteiger partial charge is 0.725 e. The molecule has 20 heteroatoms. The van der Waals surface area contributed by atoms with Gasteiger partial charge in [0.25, 0.3) is 0 Å². The molecule has 0 unspecified atom stereocenters. The predicted molar refractivity (Wildman–Crippen MR) is 46.9 cm³/mol. The molecule has 0 rings (SSSR count). The summed E-state index contributed by atoms with van der Waals surface area (Å²) in [7, 11) is -21.7. The van der Waals surface area contributed by atoms with Gasteiger partial charge in [-0.25, -0.2) is 33.7 Å². The van der Waals surface area contributed by atoms with Crippen LogP contribution in [0.25, 0.3) is 0 Å². The average molecular weight is 545 g/mol. The van der Waals surface area contributed by atoms with E-state index in [4.69, 9.17) is 0 Å². The summed E-state index contributed by atoms with van der Waals surface area (Å²) in [4.78, 5) is 0. The molecule has 0 aromatic rings. The maximum absolute atomic E-state index is 9.29. The molecule has 132 valence electrons. The summed E-state index contributed by atoms with van der Waals surface area (Å²) in [5.41, 5.74) is 0. The van der Waals surface area contributed by atoms with Gasteiger partial charge in [-0.15, -0.1) is 0 Å². The fraction of sp³-hybridized carbons (Fsp3) is 0. The van der Waals surface area contributed by atoms with Crippen molar-refractivity contribution in [3.8, 4) is 0 Å². The van der Waals surface area contributed by atoms with E-state index in [0.717, 1.165) is 0 Å². The minimum atomic E-state index is -5.43. The molecule has 0 fully saturated rings. The Hall–Kier alpha value is 0.754. The van der Waals surface area contributed by atoms with E-state index in [9.17, 15) is 51.9 Å². The van der Waals surface area contributed by atoms with Crippen LogP contribution in [0.5, 0.6) is 0 Å². The van der Waals surface area contributed by atoms with Gasteiger partial charge < -0.3 is 24.4 Å². The first kappa shape index (κ1) is 28.9. The van der Waals surface area contributed by atoms with E-state index in [0.29, 0.717) is 0 Å². The van der Waals surface area contributed by atoms with Gasteiger partial charge in [0.1, 0.15) is 0 Å². The van der Waals surface area contributed by atoms with Crippen molar-refractivity contribution in [3.63, 3.8) is 0 Å². The normalized spacial score (nSPS) is 12.2. The van der Waals surface area contributed by atoms with Crippen LogP contribution in [-0.2, 0) is 48.9 Å². The Labute approximate surface area is 142 Å². The van der Waals surface area contributed by atoms with Crippen LogP contribution in [0.4, 0.5) is 0 Å². The molecule has 0 saturated heterocycles. The Morgan fingerprint density at radius 1 is 0.500 bits per heavy atom. The van der Waals surface area contributed by atoms with Crippen molar-refractivity contribution in [2.75, 3.05) is 0 Å². The Morgan fingerprint density at radius 2 is 0.600 bits per heavy atom. The van der Waals surface area contributed by atoms with Crippen molar-refractivity contribution in [1.82, 2.24) is 6.15 Å². The largest absolute Gasteiger partial charge is 3.00 e. The van der Waals surface area contributed by atoms with Crippen LogP contribution in [-0.4, -0.2) is 51.9 Å². The molecule has 0 saturated carbocycles. The molecule has 0 aromatic heterocycles. The third-order valence-corrected chi connectivity index (χ3v) is 3.00. The van der Waals surface area contributed by atoms with Gasteiger partial charge in [0, 0.05) is 0 Å². The van der Waals surface area contributed by atoms with Gasteiger partial charge in [0.15, 0.2) is 0 Å². The molecule has 0 aromatic carbocycles. The Morgan fingerprint density at radius 3 is 0.600 bits per heavy atom. The molecular weight excluding hydrogens is 541 g/mol. The topological polar surface area (TPSA) is 284 Å². The Bertz CT molecular complexity index is 537. The summed E-state index contributed by atoms with van der Waals surface area (Å²) < 4.78 is 116. The van der Waals surface area contributed by atoms with Crippen LogP contribution < -0.4 is 6.15 Å². The average Bonchev–Trinajstić information content (AvgIpc) is 1.64. The van der Waals surface area contributed by atoms with Crippen molar-refractivity contribution in [2.24, 2.45) is 0 Å². The summed E-state index contributed by atoms with van der Waals surface area (Å²) in [5.74, 6) is 0. The first-order chi connectivity index (χ1) is 7.41. The Balaban J connectivity index is -0.000000116. The van der Waals surface area contributed by atoms with Crippen molar-refractivity contribution < 1.29 is 96.0 Å². The minimum absolute atomic E-state index is 0. The molecule has 0 radical (unpaired) electrons. The van der Waals surface area contributed by atoms with Crippen LogP contribution in [0.15, 0.2) is 0 Å². The molecule has 4 N–H and O–H groups in total. The monoisotopic (exact) mass is 545 g/mol. The summed E-state index contributed by atoms with van der Waals surface area (Å²) in [6.45, 7) is 0. The number of hydrogen-bond donors (Lipinski definition) is 1. The molecule has 0 amide bonds. The second kappa shape index (κ2) is 9.71. The van der Waals surface area contributed by atoms with E-state index < -0.39 is 41.6 Å². The van der Waals surface area contributed by atoms with Gasteiger partial charge in [-0.05, 0) is 0 Å². The van der Waals surface area contributed by atoms with Gasteiger partial charge in [0.2, 0.25) is 41.6 Å². The molecule has 15 nitrogen and oxygen atoms in total. The fourth-order valence-corrected chi connectivity index (χ4v) is 1.84. The molecule has 0 aliphatic rings. The zero-order valence-corrected chi connectivity index (χ0v) is 13.5. The maximum Gasteiger partial charge on any atom is 3.00 e. The summed E-state index contributed by atoms with van der Waals surface area (Å²) >= 11 is 0. The van der Waals surface area contributed by atoms with Crippen molar-refractivity contribution >= 4 is 41.6 Å². The first-order valence-corrected chi connectivity index (χ1v) is 8.00. The van der Waals surface area contributed by atoms with E-state index in [2.05, 4.69) is 7.26 Å². The SMILES string of the molecule is O=S(=O)([O-])OS(=O)(=O)[O-].O=S(=O)([O-])OS(=O)(=O)[O-].[Lu+3].[NH4+]. The van der Waals surface area contributed by atoms with Crippen molar-refractivity contribution in [1.29, 1.82) is 0 Å². The third kappa shape index (κ3) is 36.3. The molecule has 0 aliphatic carbocycles. The first-order valence-electron chi connectivity index (χ1n) is 2.67. The third-order valence-electron chi connectivity index (χ3n) is 0.333. The van der Waals surface area contributed by atoms with Gasteiger partial charge in [-0.2, -0.15) is 7.26 Å². The molecule has 0 aliphatic heterocycles. The van der Waals surface area contributed by atoms with Crippen LogP contribution in [0.2, 0.25) is 0 Å². The summed E-state index contributed by atoms with van der Waals surface area (Å²) in [5, 5.41) is 0. The molecule has 0 atom stereocenters. The zero-order valence-electron chi connectivity index (χ0n) is 8.61. The minimum Gasteiger partial charge on any atom is -0.725 e. The van der Waals surface area contributed by atoms with Gasteiger partial charge in [0.05, 0.1) is 0 Å². The van der Waals surface area contributed by atoms with Crippen LogP contribution in [0, 0.1) is 36.9 Å². The zero-order chi connectivity index (χ0) is 15.4. The maximum atomic E-state index is 9.29. The van der Waals surface area contributed by atoms with E-state index in [-0.39, 0.29) is 43.0 Å². The number of hydrogen-bond acceptors (Lipinski definition) is 14. The molecule has 0 spiro atoms. The van der Waals surface area contributed by atoms with Crippen molar-refractivity contribution in [3.05, 3.63) is 0 Å². The Kier molecular flexibility index (Phi) is 14.0.